The van der Waals surface area contributed by atoms with Crippen LogP contribution in [0.4, 0.5) is 5.13 Å². The third-order valence-electron chi connectivity index (χ3n) is 5.40. The van der Waals surface area contributed by atoms with E-state index in [1.807, 2.05) is 6.07 Å². The number of hydrogen-bond donors (Lipinski definition) is 2. The minimum atomic E-state index is -0.839. The molecule has 0 bridgehead atoms. The van der Waals surface area contributed by atoms with E-state index < -0.39 is 23.4 Å². The van der Waals surface area contributed by atoms with Gasteiger partial charge in [0.2, 0.25) is 5.91 Å². The van der Waals surface area contributed by atoms with Crippen molar-refractivity contribution in [1.29, 1.82) is 5.26 Å². The maximum atomic E-state index is 12.5. The molecule has 1 aliphatic carbocycles. The molecule has 166 valence electrons. The van der Waals surface area contributed by atoms with Gasteiger partial charge < -0.3 is 10.6 Å². The number of carbonyl (C=O) groups is 3. The zero-order valence-corrected chi connectivity index (χ0v) is 18.6. The van der Waals surface area contributed by atoms with Gasteiger partial charge in [0.15, 0.2) is 11.4 Å². The molecule has 4 rings (SSSR count). The van der Waals surface area contributed by atoms with Crippen molar-refractivity contribution >= 4 is 40.6 Å². The summed E-state index contributed by atoms with van der Waals surface area (Å²) >= 11 is 1.23. The lowest BCUT2D eigenvalue weighted by molar-refractivity contribution is -0.117. The predicted molar refractivity (Wildman–Crippen MR) is 124 cm³/mol. The van der Waals surface area contributed by atoms with Crippen LogP contribution in [0.1, 0.15) is 46.2 Å². The topological polar surface area (TPSA) is 130 Å². The molecule has 2 heterocycles. The van der Waals surface area contributed by atoms with Gasteiger partial charge in [-0.3, -0.25) is 19.1 Å². The smallest absolute Gasteiger partial charge is 0.272 e. The van der Waals surface area contributed by atoms with Gasteiger partial charge in [0.1, 0.15) is 17.3 Å². The molecule has 33 heavy (non-hydrogen) atoms. The van der Waals surface area contributed by atoms with Gasteiger partial charge in [0, 0.05) is 22.7 Å². The zero-order valence-electron chi connectivity index (χ0n) is 17.7. The fourth-order valence-electron chi connectivity index (χ4n) is 3.23. The summed E-state index contributed by atoms with van der Waals surface area (Å²) in [4.78, 5) is 40.7. The van der Waals surface area contributed by atoms with Crippen LogP contribution in [0.2, 0.25) is 0 Å². The van der Waals surface area contributed by atoms with E-state index in [-0.39, 0.29) is 5.69 Å². The van der Waals surface area contributed by atoms with Crippen molar-refractivity contribution in [3.8, 4) is 17.3 Å². The summed E-state index contributed by atoms with van der Waals surface area (Å²) in [7, 11) is 0. The fraction of sp³-hybridized carbons (Fsp3) is 0.217. The number of rotatable bonds is 8. The Kier molecular flexibility index (Phi) is 5.89. The highest BCUT2D eigenvalue weighted by atomic mass is 32.1. The number of nitrogens with zero attached hydrogens (tertiary/aromatic N) is 4. The second-order valence-electron chi connectivity index (χ2n) is 7.68. The number of anilines is 1. The lowest BCUT2D eigenvalue weighted by Gasteiger charge is -2.12. The summed E-state index contributed by atoms with van der Waals surface area (Å²) in [5, 5.41) is 20.9. The summed E-state index contributed by atoms with van der Waals surface area (Å²) in [6, 6.07) is 8.21. The number of nitrogens with one attached hydrogen (secondary N) is 2. The van der Waals surface area contributed by atoms with Gasteiger partial charge in [-0.05, 0) is 37.5 Å². The number of aldehydes is 1. The molecule has 3 aromatic rings. The Morgan fingerprint density at radius 3 is 2.79 bits per heavy atom. The van der Waals surface area contributed by atoms with Gasteiger partial charge in [0.05, 0.1) is 11.8 Å². The minimum Gasteiger partial charge on any atom is -0.339 e. The van der Waals surface area contributed by atoms with Crippen molar-refractivity contribution < 1.29 is 14.4 Å². The average molecular weight is 461 g/mol. The van der Waals surface area contributed by atoms with Gasteiger partial charge in [-0.1, -0.05) is 24.8 Å². The first kappa shape index (κ1) is 22.1. The van der Waals surface area contributed by atoms with Crippen LogP contribution < -0.4 is 10.6 Å². The fourth-order valence-corrected chi connectivity index (χ4v) is 3.95. The molecule has 0 unspecified atom stereocenters. The highest BCUT2D eigenvalue weighted by Crippen LogP contribution is 2.42. The van der Waals surface area contributed by atoms with E-state index in [0.717, 1.165) is 17.4 Å². The van der Waals surface area contributed by atoms with Crippen molar-refractivity contribution in [3.05, 3.63) is 59.2 Å². The second-order valence-corrected chi connectivity index (χ2v) is 8.54. The molecule has 10 heteroatoms. The predicted octanol–water partition coefficient (Wildman–Crippen LogP) is 3.23. The van der Waals surface area contributed by atoms with Crippen LogP contribution in [0.15, 0.2) is 42.4 Å². The number of aromatic nitrogens is 3. The van der Waals surface area contributed by atoms with Crippen LogP contribution in [0.25, 0.3) is 17.3 Å². The molecule has 0 saturated heterocycles. The normalized spacial score (nSPS) is 14.5. The van der Waals surface area contributed by atoms with Gasteiger partial charge >= 0.3 is 0 Å². The lowest BCUT2D eigenvalue weighted by atomic mass is 10.0. The Hall–Kier alpha value is -4.10. The maximum Gasteiger partial charge on any atom is 0.272 e. The Bertz CT molecular complexity index is 1300. The van der Waals surface area contributed by atoms with Crippen LogP contribution in [-0.4, -0.2) is 38.9 Å². The lowest BCUT2D eigenvalue weighted by Crippen LogP contribution is -2.41. The molecule has 2 aromatic heterocycles. The largest absolute Gasteiger partial charge is 0.339 e. The number of hydrogen-bond acceptors (Lipinski definition) is 7. The Morgan fingerprint density at radius 1 is 1.33 bits per heavy atom. The van der Waals surface area contributed by atoms with E-state index in [1.54, 1.807) is 36.7 Å². The number of thiazole rings is 1. The van der Waals surface area contributed by atoms with Crippen LogP contribution >= 0.6 is 11.3 Å². The highest BCUT2D eigenvalue weighted by Gasteiger charge is 2.46. The first-order chi connectivity index (χ1) is 15.9. The molecule has 1 atom stereocenters. The van der Waals surface area contributed by atoms with E-state index in [1.165, 1.54) is 22.1 Å². The van der Waals surface area contributed by atoms with Crippen LogP contribution in [0.5, 0.6) is 0 Å². The second kappa shape index (κ2) is 8.80. The van der Waals surface area contributed by atoms with Gasteiger partial charge in [0.25, 0.3) is 5.91 Å². The third kappa shape index (κ3) is 4.44. The van der Waals surface area contributed by atoms with E-state index in [2.05, 4.69) is 33.4 Å². The molecule has 1 aromatic carbocycles. The van der Waals surface area contributed by atoms with Gasteiger partial charge in [-0.25, -0.2) is 4.98 Å². The summed E-state index contributed by atoms with van der Waals surface area (Å²) in [5.41, 5.74) is 2.07. The number of nitriles is 1. The number of benzene rings is 1. The monoisotopic (exact) mass is 460 g/mol. The third-order valence-corrected chi connectivity index (χ3v) is 6.15. The van der Waals surface area contributed by atoms with Crippen LogP contribution in [0.3, 0.4) is 0 Å². The summed E-state index contributed by atoms with van der Waals surface area (Å²) in [6.45, 7) is 5.24. The standard InChI is InChI=1S/C23H20N6O3S/c1-3-15-4-5-16(10-17(15)11-30)19-12-33-22(26-19)27-20(31)14(2)25-21(32)18-6-9-29(28-18)23(13-24)7-8-23/h3-6,9-12,14H,1,7-8H2,2H3,(H,25,32)(H,26,27,31)/t14-/m0/s1. The van der Waals surface area contributed by atoms with E-state index in [0.29, 0.717) is 29.2 Å². The molecule has 1 fully saturated rings. The van der Waals surface area contributed by atoms with Crippen LogP contribution in [0, 0.1) is 11.3 Å². The van der Waals surface area contributed by atoms with E-state index in [9.17, 15) is 19.6 Å². The molecule has 1 saturated carbocycles. The number of carbonyl (C=O) groups excluding carboxylic acids is 3. The Labute approximate surface area is 193 Å². The maximum absolute atomic E-state index is 12.5. The number of amides is 2. The van der Waals surface area contributed by atoms with Crippen molar-refractivity contribution in [2.45, 2.75) is 31.3 Å². The first-order valence-corrected chi connectivity index (χ1v) is 11.0. The molecular formula is C23H20N6O3S. The highest BCUT2D eigenvalue weighted by molar-refractivity contribution is 7.14. The molecule has 0 spiro atoms. The molecule has 2 N–H and O–H groups in total. The average Bonchev–Trinajstić information content (AvgIpc) is 3.22. The molecule has 9 nitrogen and oxygen atoms in total. The van der Waals surface area contributed by atoms with E-state index in [4.69, 9.17) is 0 Å². The Morgan fingerprint density at radius 2 is 2.12 bits per heavy atom. The van der Waals surface area contributed by atoms with E-state index >= 15 is 0 Å². The zero-order chi connectivity index (χ0) is 23.6. The van der Waals surface area contributed by atoms with Crippen LogP contribution in [-0.2, 0) is 10.3 Å². The summed E-state index contributed by atoms with van der Waals surface area (Å²) in [6.07, 6.45) is 5.37. The summed E-state index contributed by atoms with van der Waals surface area (Å²) in [5.74, 6) is -0.941. The quantitative estimate of drug-likeness (QED) is 0.497. The Balaban J connectivity index is 1.38. The van der Waals surface area contributed by atoms with Crippen molar-refractivity contribution in [2.75, 3.05) is 5.32 Å². The summed E-state index contributed by atoms with van der Waals surface area (Å²) < 4.78 is 1.50. The van der Waals surface area contributed by atoms with Crippen molar-refractivity contribution in [2.24, 2.45) is 0 Å². The molecule has 0 aliphatic heterocycles. The molecular weight excluding hydrogens is 440 g/mol. The van der Waals surface area contributed by atoms with Crippen molar-refractivity contribution in [1.82, 2.24) is 20.1 Å². The SMILES string of the molecule is C=Cc1ccc(-c2csc(NC(=O)[C@H](C)NC(=O)c3ccn(C4(C#N)CC4)n3)n2)cc1C=O. The van der Waals surface area contributed by atoms with Gasteiger partial charge in [-0.15, -0.1) is 11.3 Å². The minimum absolute atomic E-state index is 0.140. The molecule has 0 radical (unpaired) electrons. The molecule has 2 amide bonds. The van der Waals surface area contributed by atoms with Crippen molar-refractivity contribution in [3.63, 3.8) is 0 Å². The first-order valence-electron chi connectivity index (χ1n) is 10.2. The van der Waals surface area contributed by atoms with Gasteiger partial charge in [-0.2, -0.15) is 10.4 Å². The molecule has 1 aliphatic rings.